The van der Waals surface area contributed by atoms with E-state index in [0.717, 1.165) is 57.8 Å². The topological polar surface area (TPSA) is 104 Å². The minimum absolute atomic E-state index is 0.272. The Balaban J connectivity index is 4.19. The Morgan fingerprint density at radius 1 is 0.711 bits per heavy atom. The van der Waals surface area contributed by atoms with Crippen molar-refractivity contribution in [3.63, 3.8) is 0 Å². The summed E-state index contributed by atoms with van der Waals surface area (Å²) in [7, 11) is -4.35. The van der Waals surface area contributed by atoms with E-state index in [-0.39, 0.29) is 12.3 Å². The number of nitrogens with one attached hydrogen (secondary N) is 1. The van der Waals surface area contributed by atoms with E-state index in [1.807, 2.05) is 0 Å². The monoisotopic (exact) mass is 553 g/mol. The van der Waals surface area contributed by atoms with Gasteiger partial charge >= 0.3 is 0 Å². The molecule has 2 atom stereocenters. The molecule has 0 aromatic heterocycles. The van der Waals surface area contributed by atoms with Crippen molar-refractivity contribution in [3.05, 3.63) is 48.6 Å². The van der Waals surface area contributed by atoms with E-state index in [2.05, 4.69) is 55.6 Å². The molecule has 0 saturated heterocycles. The number of carbonyl (C=O) groups is 1. The molecule has 38 heavy (non-hydrogen) atoms. The number of carbonyl (C=O) groups excluding carboxylic acids is 1. The van der Waals surface area contributed by atoms with E-state index in [9.17, 15) is 22.9 Å². The van der Waals surface area contributed by atoms with Crippen LogP contribution in [0.5, 0.6) is 0 Å². The Labute approximate surface area is 233 Å². The van der Waals surface area contributed by atoms with Crippen LogP contribution in [-0.2, 0) is 14.9 Å². The van der Waals surface area contributed by atoms with Crippen LogP contribution in [0.25, 0.3) is 0 Å². The molecule has 7 heteroatoms. The average molecular weight is 554 g/mol. The first-order chi connectivity index (χ1) is 18.3. The van der Waals surface area contributed by atoms with Gasteiger partial charge in [-0.05, 0) is 64.2 Å². The summed E-state index contributed by atoms with van der Waals surface area (Å²) >= 11 is 0. The summed E-state index contributed by atoms with van der Waals surface area (Å²) < 4.78 is 32.1. The van der Waals surface area contributed by atoms with Crippen LogP contribution in [0.4, 0.5) is 0 Å². The average Bonchev–Trinajstić information content (AvgIpc) is 2.86. The second-order valence-corrected chi connectivity index (χ2v) is 11.5. The van der Waals surface area contributed by atoms with Crippen molar-refractivity contribution in [2.45, 2.75) is 135 Å². The van der Waals surface area contributed by atoms with Gasteiger partial charge in [-0.2, -0.15) is 8.42 Å². The SMILES string of the molecule is CC/C=C/CC/C=C/CC/C=C/C(O)C(CS(=O)(=O)O)NC(=O)CCCCCCC/C=C\CCCCCC. The largest absolute Gasteiger partial charge is 0.387 e. The van der Waals surface area contributed by atoms with E-state index in [1.54, 1.807) is 6.08 Å². The van der Waals surface area contributed by atoms with E-state index in [4.69, 9.17) is 0 Å². The van der Waals surface area contributed by atoms with Crippen molar-refractivity contribution < 1.29 is 22.9 Å². The van der Waals surface area contributed by atoms with Gasteiger partial charge in [-0.25, -0.2) is 0 Å². The minimum atomic E-state index is -4.35. The van der Waals surface area contributed by atoms with Gasteiger partial charge in [-0.1, -0.05) is 101 Å². The zero-order valence-corrected chi connectivity index (χ0v) is 24.8. The molecule has 0 aliphatic carbocycles. The highest BCUT2D eigenvalue weighted by atomic mass is 32.2. The number of amides is 1. The molecule has 3 N–H and O–H groups in total. The number of unbranched alkanes of at least 4 members (excludes halogenated alkanes) is 11. The van der Waals surface area contributed by atoms with Gasteiger partial charge in [0.25, 0.3) is 10.1 Å². The molecule has 1 amide bonds. The third kappa shape index (κ3) is 25.9. The molecule has 2 unspecified atom stereocenters. The predicted octanol–water partition coefficient (Wildman–Crippen LogP) is 7.62. The molecule has 0 rings (SSSR count). The molecule has 0 aromatic rings. The first kappa shape index (κ1) is 36.3. The van der Waals surface area contributed by atoms with Crippen LogP contribution < -0.4 is 5.32 Å². The number of hydrogen-bond donors (Lipinski definition) is 3. The lowest BCUT2D eigenvalue weighted by Crippen LogP contribution is -2.46. The fourth-order valence-electron chi connectivity index (χ4n) is 4.01. The van der Waals surface area contributed by atoms with Gasteiger partial charge < -0.3 is 10.4 Å². The van der Waals surface area contributed by atoms with Crippen LogP contribution >= 0.6 is 0 Å². The van der Waals surface area contributed by atoms with E-state index >= 15 is 0 Å². The maximum Gasteiger partial charge on any atom is 0.267 e. The first-order valence-corrected chi connectivity index (χ1v) is 16.4. The Bertz CT molecular complexity index is 786. The maximum atomic E-state index is 12.3. The Kier molecular flexibility index (Phi) is 24.4. The highest BCUT2D eigenvalue weighted by molar-refractivity contribution is 7.85. The van der Waals surface area contributed by atoms with Crippen LogP contribution in [0.1, 0.15) is 123 Å². The van der Waals surface area contributed by atoms with E-state index < -0.39 is 28.0 Å². The lowest BCUT2D eigenvalue weighted by molar-refractivity contribution is -0.122. The summed E-state index contributed by atoms with van der Waals surface area (Å²) in [5, 5.41) is 13.0. The molecule has 0 spiro atoms. The second-order valence-electron chi connectivity index (χ2n) is 9.97. The van der Waals surface area contributed by atoms with Crippen LogP contribution in [-0.4, -0.2) is 41.9 Å². The van der Waals surface area contributed by atoms with Crippen molar-refractivity contribution in [2.24, 2.45) is 0 Å². The third-order valence-electron chi connectivity index (χ3n) is 6.22. The van der Waals surface area contributed by atoms with Crippen molar-refractivity contribution in [1.82, 2.24) is 5.32 Å². The van der Waals surface area contributed by atoms with Crippen molar-refractivity contribution >= 4 is 16.0 Å². The summed E-state index contributed by atoms with van der Waals surface area (Å²) in [4.78, 5) is 12.3. The van der Waals surface area contributed by atoms with Gasteiger partial charge in [0.15, 0.2) is 0 Å². The van der Waals surface area contributed by atoms with E-state index in [0.29, 0.717) is 12.8 Å². The molecule has 0 aromatic carbocycles. The Hall–Kier alpha value is -1.70. The summed E-state index contributed by atoms with van der Waals surface area (Å²) in [6.45, 7) is 4.33. The number of hydrogen-bond acceptors (Lipinski definition) is 4. The number of aliphatic hydroxyl groups excluding tert-OH is 1. The molecule has 0 radical (unpaired) electrons. The molecular weight excluding hydrogens is 498 g/mol. The summed E-state index contributed by atoms with van der Waals surface area (Å²) in [6.07, 6.45) is 32.4. The van der Waals surface area contributed by atoms with Crippen molar-refractivity contribution in [2.75, 3.05) is 5.75 Å². The number of allylic oxidation sites excluding steroid dienone is 7. The Morgan fingerprint density at radius 2 is 1.21 bits per heavy atom. The zero-order chi connectivity index (χ0) is 28.3. The van der Waals surface area contributed by atoms with Gasteiger partial charge in [-0.3, -0.25) is 9.35 Å². The zero-order valence-electron chi connectivity index (χ0n) is 24.0. The van der Waals surface area contributed by atoms with Crippen molar-refractivity contribution in [1.29, 1.82) is 0 Å². The van der Waals surface area contributed by atoms with Gasteiger partial charge in [0.1, 0.15) is 0 Å². The van der Waals surface area contributed by atoms with Crippen molar-refractivity contribution in [3.8, 4) is 0 Å². The maximum absolute atomic E-state index is 12.3. The third-order valence-corrected chi connectivity index (χ3v) is 7.00. The number of rotatable bonds is 25. The molecule has 0 aliphatic heterocycles. The highest BCUT2D eigenvalue weighted by Gasteiger charge is 2.24. The smallest absolute Gasteiger partial charge is 0.267 e. The molecule has 0 bridgehead atoms. The quantitative estimate of drug-likeness (QED) is 0.0613. The highest BCUT2D eigenvalue weighted by Crippen LogP contribution is 2.10. The van der Waals surface area contributed by atoms with Gasteiger partial charge in [0.05, 0.1) is 17.9 Å². The molecular formula is C31H55NO5S. The summed E-state index contributed by atoms with van der Waals surface area (Å²) in [5.74, 6) is -1.03. The molecule has 220 valence electrons. The van der Waals surface area contributed by atoms with E-state index in [1.165, 1.54) is 38.2 Å². The molecule has 0 fully saturated rings. The van der Waals surface area contributed by atoms with Crippen LogP contribution in [0.2, 0.25) is 0 Å². The fourth-order valence-corrected chi connectivity index (χ4v) is 4.74. The van der Waals surface area contributed by atoms with Gasteiger partial charge in [0.2, 0.25) is 5.91 Å². The summed E-state index contributed by atoms with van der Waals surface area (Å²) in [6, 6.07) is -1.08. The minimum Gasteiger partial charge on any atom is -0.387 e. The lowest BCUT2D eigenvalue weighted by Gasteiger charge is -2.21. The molecule has 6 nitrogen and oxygen atoms in total. The molecule has 0 saturated carbocycles. The first-order valence-electron chi connectivity index (χ1n) is 14.8. The molecule has 0 aliphatic rings. The van der Waals surface area contributed by atoms with Gasteiger partial charge in [-0.15, -0.1) is 0 Å². The molecule has 0 heterocycles. The summed E-state index contributed by atoms with van der Waals surface area (Å²) in [5.41, 5.74) is 0. The van der Waals surface area contributed by atoms with Crippen LogP contribution in [0.3, 0.4) is 0 Å². The second kappa shape index (κ2) is 25.6. The predicted molar refractivity (Wildman–Crippen MR) is 161 cm³/mol. The van der Waals surface area contributed by atoms with Crippen LogP contribution in [0, 0.1) is 0 Å². The van der Waals surface area contributed by atoms with Gasteiger partial charge in [0, 0.05) is 6.42 Å². The number of aliphatic hydroxyl groups is 1. The van der Waals surface area contributed by atoms with Crippen LogP contribution in [0.15, 0.2) is 48.6 Å². The normalized spacial score (nSPS) is 14.3. The fraction of sp³-hybridized carbons (Fsp3) is 0.710. The standard InChI is InChI=1S/C31H55NO5S/c1-3-5-7-9-11-13-15-16-17-19-21-23-25-27-31(34)32-29(28-38(35,36)37)30(33)26-24-22-20-18-14-12-10-8-6-4-2/h6,8,13-15,18,24,26,29-30,33H,3-5,7,9-12,16-17,19-23,25,27-28H2,1-2H3,(H,32,34)(H,35,36,37)/b8-6+,15-13-,18-14+,26-24+. The Morgan fingerprint density at radius 3 is 1.79 bits per heavy atom. The lowest BCUT2D eigenvalue weighted by atomic mass is 10.1.